The largest absolute Gasteiger partial charge is 0.425 e. The van der Waals surface area contributed by atoms with E-state index in [2.05, 4.69) is 21.0 Å². The van der Waals surface area contributed by atoms with E-state index in [1.54, 1.807) is 24.3 Å². The number of halogens is 3. The number of carbonyl (C=O) groups is 1. The van der Waals surface area contributed by atoms with E-state index in [1.165, 1.54) is 4.90 Å². The van der Waals surface area contributed by atoms with E-state index in [4.69, 9.17) is 5.26 Å². The molecule has 10 heteroatoms. The van der Waals surface area contributed by atoms with Crippen molar-refractivity contribution in [3.63, 3.8) is 0 Å². The summed E-state index contributed by atoms with van der Waals surface area (Å²) in [5.41, 5.74) is 2.36. The molecule has 0 saturated carbocycles. The first kappa shape index (κ1) is 21.4. The van der Waals surface area contributed by atoms with Gasteiger partial charge in [-0.1, -0.05) is 35.5 Å². The number of nitrogens with zero attached hydrogens (tertiary/aromatic N) is 5. The number of aromatic nitrogens is 2. The maximum Gasteiger partial charge on any atom is 0.425 e. The summed E-state index contributed by atoms with van der Waals surface area (Å²) >= 11 is 0. The number of imidazole rings is 1. The molecule has 0 bridgehead atoms. The zero-order valence-corrected chi connectivity index (χ0v) is 16.8. The number of alkyl halides is 3. The molecule has 0 aliphatic carbocycles. The van der Waals surface area contributed by atoms with Gasteiger partial charge in [0.15, 0.2) is 5.71 Å². The van der Waals surface area contributed by atoms with Gasteiger partial charge in [0.2, 0.25) is 6.61 Å². The van der Waals surface area contributed by atoms with Gasteiger partial charge < -0.3 is 9.40 Å². The summed E-state index contributed by atoms with van der Waals surface area (Å²) in [6.45, 7) is -0.946. The molecule has 7 nitrogen and oxygen atoms in total. The normalized spacial score (nSPS) is 14.8. The topological polar surface area (TPSA) is 83.5 Å². The van der Waals surface area contributed by atoms with Gasteiger partial charge in [-0.15, -0.1) is 0 Å². The molecule has 0 saturated heterocycles. The Balaban J connectivity index is 1.67. The Kier molecular flexibility index (Phi) is 5.81. The number of unbranched alkanes of at least 4 members (excludes halogenated alkanes) is 1. The van der Waals surface area contributed by atoms with Crippen LogP contribution in [-0.4, -0.2) is 34.0 Å². The van der Waals surface area contributed by atoms with Crippen molar-refractivity contribution in [3.8, 4) is 6.07 Å². The highest BCUT2D eigenvalue weighted by molar-refractivity contribution is 6.54. The number of anilines is 1. The molecule has 4 rings (SSSR count). The molecule has 164 valence electrons. The van der Waals surface area contributed by atoms with Crippen LogP contribution in [-0.2, 0) is 22.7 Å². The summed E-state index contributed by atoms with van der Waals surface area (Å²) in [7, 11) is 0. The minimum atomic E-state index is -4.56. The first-order chi connectivity index (χ1) is 15.4. The molecule has 0 spiro atoms. The fourth-order valence-corrected chi connectivity index (χ4v) is 3.63. The summed E-state index contributed by atoms with van der Waals surface area (Å²) in [5.74, 6) is 0.0359. The van der Waals surface area contributed by atoms with Crippen molar-refractivity contribution in [2.45, 2.75) is 32.1 Å². The molecule has 1 aliphatic heterocycles. The monoisotopic (exact) mass is 441 g/mol. The Labute approximate surface area is 181 Å². The van der Waals surface area contributed by atoms with E-state index in [0.717, 1.165) is 11.0 Å². The Morgan fingerprint density at radius 3 is 2.66 bits per heavy atom. The van der Waals surface area contributed by atoms with Gasteiger partial charge in [0.1, 0.15) is 5.82 Å². The molecule has 0 N–H and O–H groups in total. The van der Waals surface area contributed by atoms with Gasteiger partial charge in [0.25, 0.3) is 5.91 Å². The average Bonchev–Trinajstić information content (AvgIpc) is 3.24. The molecule has 1 amide bonds. The molecule has 32 heavy (non-hydrogen) atoms. The molecule has 0 atom stereocenters. The lowest BCUT2D eigenvalue weighted by Crippen LogP contribution is -2.31. The second kappa shape index (κ2) is 8.70. The molecule has 2 aromatic carbocycles. The number of amides is 1. The zero-order chi connectivity index (χ0) is 22.7. The third-order valence-electron chi connectivity index (χ3n) is 4.99. The van der Waals surface area contributed by atoms with Crippen LogP contribution in [0.25, 0.3) is 11.0 Å². The highest BCUT2D eigenvalue weighted by Crippen LogP contribution is 2.31. The Hall–Kier alpha value is -3.87. The Morgan fingerprint density at radius 2 is 1.88 bits per heavy atom. The van der Waals surface area contributed by atoms with Gasteiger partial charge in [-0.2, -0.15) is 18.4 Å². The summed E-state index contributed by atoms with van der Waals surface area (Å²) in [6.07, 6.45) is -3.56. The molecule has 0 fully saturated rings. The zero-order valence-electron chi connectivity index (χ0n) is 16.8. The van der Waals surface area contributed by atoms with Crippen LogP contribution in [0, 0.1) is 11.3 Å². The summed E-state index contributed by atoms with van der Waals surface area (Å²) < 4.78 is 39.3. The fraction of sp³-hybridized carbons (Fsp3) is 0.273. The molecular weight excluding hydrogens is 423 g/mol. The number of fused-ring (bicyclic) bond motifs is 2. The Bertz CT molecular complexity index is 1230. The van der Waals surface area contributed by atoms with Crippen LogP contribution in [0.3, 0.4) is 0 Å². The highest BCUT2D eigenvalue weighted by Gasteiger charge is 2.36. The maximum atomic E-state index is 13.1. The summed E-state index contributed by atoms with van der Waals surface area (Å²) in [4.78, 5) is 23.5. The van der Waals surface area contributed by atoms with Crippen molar-refractivity contribution < 1.29 is 22.8 Å². The Morgan fingerprint density at radius 1 is 1.12 bits per heavy atom. The molecule has 3 aromatic rings. The molecule has 2 heterocycles. The van der Waals surface area contributed by atoms with Gasteiger partial charge in [-0.05, 0) is 24.6 Å². The fourth-order valence-electron chi connectivity index (χ4n) is 3.63. The number of hydrogen-bond acceptors (Lipinski definition) is 5. The van der Waals surface area contributed by atoms with Crippen molar-refractivity contribution in [3.05, 3.63) is 59.9 Å². The van der Waals surface area contributed by atoms with Crippen molar-refractivity contribution in [1.29, 1.82) is 5.26 Å². The van der Waals surface area contributed by atoms with Crippen molar-refractivity contribution in [2.24, 2.45) is 5.16 Å². The van der Waals surface area contributed by atoms with Crippen molar-refractivity contribution >= 4 is 28.3 Å². The van der Waals surface area contributed by atoms with Crippen molar-refractivity contribution in [2.75, 3.05) is 11.5 Å². The van der Waals surface area contributed by atoms with E-state index in [1.807, 2.05) is 28.8 Å². The molecule has 0 unspecified atom stereocenters. The number of oxime groups is 1. The van der Waals surface area contributed by atoms with Gasteiger partial charge in [-0.3, -0.25) is 9.69 Å². The van der Waals surface area contributed by atoms with Crippen LogP contribution >= 0.6 is 0 Å². The van der Waals surface area contributed by atoms with E-state index >= 15 is 0 Å². The number of carbonyl (C=O) groups excluding carboxylic acids is 1. The highest BCUT2D eigenvalue weighted by atomic mass is 19.4. The van der Waals surface area contributed by atoms with E-state index < -0.39 is 18.7 Å². The predicted octanol–water partition coefficient (Wildman–Crippen LogP) is 4.17. The quantitative estimate of drug-likeness (QED) is 0.407. The smallest absolute Gasteiger partial charge is 0.385 e. The number of nitriles is 1. The van der Waals surface area contributed by atoms with Crippen LogP contribution in [0.5, 0.6) is 0 Å². The molecule has 0 radical (unpaired) electrons. The van der Waals surface area contributed by atoms with Crippen LogP contribution in [0.15, 0.2) is 53.7 Å². The molecular formula is C22H18F3N5O2. The van der Waals surface area contributed by atoms with Crippen LogP contribution in [0.1, 0.15) is 24.2 Å². The van der Waals surface area contributed by atoms with E-state index in [9.17, 15) is 18.0 Å². The number of hydrogen-bond donors (Lipinski definition) is 0. The molecule has 1 aromatic heterocycles. The summed E-state index contributed by atoms with van der Waals surface area (Å²) in [6, 6.07) is 16.3. The second-order valence-electron chi connectivity index (χ2n) is 7.17. The number of para-hydroxylation sites is 3. The number of benzene rings is 2. The first-order valence-corrected chi connectivity index (χ1v) is 9.88. The minimum absolute atomic E-state index is 0.0926. The SMILES string of the molecule is N#CCCCn1c(CN2C(=O)/C(=N/OCC(F)(F)F)c3ccccc32)nc2ccccc21. The third-order valence-corrected chi connectivity index (χ3v) is 4.99. The van der Waals surface area contributed by atoms with E-state index in [0.29, 0.717) is 36.5 Å². The van der Waals surface area contributed by atoms with Gasteiger partial charge in [0, 0.05) is 18.5 Å². The predicted molar refractivity (Wildman–Crippen MR) is 111 cm³/mol. The standard InChI is InChI=1S/C22H18F3N5O2/c23-22(24,25)14-32-28-20-15-7-1-3-9-17(15)30(21(20)31)13-19-27-16-8-2-4-10-18(16)29(19)12-6-5-11-26/h1-4,7-10H,5-6,12-14H2/b28-20+. The number of rotatable bonds is 7. The lowest BCUT2D eigenvalue weighted by atomic mass is 10.1. The van der Waals surface area contributed by atoms with Crippen LogP contribution in [0.2, 0.25) is 0 Å². The van der Waals surface area contributed by atoms with Crippen LogP contribution in [0.4, 0.5) is 18.9 Å². The summed E-state index contributed by atoms with van der Waals surface area (Å²) in [5, 5.41) is 12.4. The van der Waals surface area contributed by atoms with Crippen molar-refractivity contribution in [1.82, 2.24) is 9.55 Å². The lowest BCUT2D eigenvalue weighted by Gasteiger charge is -2.17. The van der Waals surface area contributed by atoms with E-state index in [-0.39, 0.29) is 12.3 Å². The maximum absolute atomic E-state index is 13.1. The minimum Gasteiger partial charge on any atom is -0.385 e. The van der Waals surface area contributed by atoms with Gasteiger partial charge in [0.05, 0.1) is 29.3 Å². The lowest BCUT2D eigenvalue weighted by molar-refractivity contribution is -0.173. The van der Waals surface area contributed by atoms with Gasteiger partial charge >= 0.3 is 6.18 Å². The second-order valence-corrected chi connectivity index (χ2v) is 7.17. The van der Waals surface area contributed by atoms with Crippen LogP contribution < -0.4 is 4.90 Å². The molecule has 1 aliphatic rings. The average molecular weight is 441 g/mol. The number of aryl methyl sites for hydroxylation is 1. The van der Waals surface area contributed by atoms with Gasteiger partial charge in [-0.25, -0.2) is 4.98 Å². The third kappa shape index (κ3) is 4.27. The first-order valence-electron chi connectivity index (χ1n) is 9.88.